The minimum Gasteiger partial charge on any atom is -0.338 e. The van der Waals surface area contributed by atoms with E-state index in [0.717, 1.165) is 17.7 Å². The maximum Gasteiger partial charge on any atom is 0.277 e. The fourth-order valence-corrected chi connectivity index (χ4v) is 5.69. The normalized spacial score (nSPS) is 16.2. The van der Waals surface area contributed by atoms with E-state index in [2.05, 4.69) is 45.0 Å². The van der Waals surface area contributed by atoms with Crippen LogP contribution >= 0.6 is 0 Å². The standard InChI is InChI=1S/C25H30N6O3S/c1-29(2)18-19-5-4-6-21(15-19)20-7-9-23(10-8-20)35(3,34)31-13-11-30(12-14-31)25-26-16-22(17-27-25)24(32)28-33/h4-10,15-17,33H,3,11-14,18H2,1-2H3,(H,28,32). The predicted octanol–water partition coefficient (Wildman–Crippen LogP) is 2.14. The number of hydrogen-bond acceptors (Lipinski definition) is 7. The van der Waals surface area contributed by atoms with Gasteiger partial charge in [-0.3, -0.25) is 10.0 Å². The molecule has 1 aliphatic rings. The number of hydroxylamine groups is 1. The Balaban J connectivity index is 1.42. The first-order valence-electron chi connectivity index (χ1n) is 11.3. The third kappa shape index (κ3) is 5.68. The summed E-state index contributed by atoms with van der Waals surface area (Å²) in [7, 11) is 1.47. The van der Waals surface area contributed by atoms with Gasteiger partial charge in [0.1, 0.15) is 0 Å². The fourth-order valence-electron chi connectivity index (χ4n) is 4.07. The molecule has 1 fully saturated rings. The molecule has 0 aliphatic carbocycles. The number of amides is 1. The largest absolute Gasteiger partial charge is 0.338 e. The second-order valence-electron chi connectivity index (χ2n) is 8.73. The number of aromatic nitrogens is 2. The van der Waals surface area contributed by atoms with Crippen LogP contribution in [0.4, 0.5) is 5.95 Å². The lowest BCUT2D eigenvalue weighted by Gasteiger charge is -2.36. The van der Waals surface area contributed by atoms with E-state index in [4.69, 9.17) is 5.21 Å². The third-order valence-corrected chi connectivity index (χ3v) is 8.13. The van der Waals surface area contributed by atoms with Crippen molar-refractivity contribution in [1.29, 1.82) is 0 Å². The summed E-state index contributed by atoms with van der Waals surface area (Å²) >= 11 is 0. The number of rotatable bonds is 7. The van der Waals surface area contributed by atoms with E-state index in [1.165, 1.54) is 18.0 Å². The van der Waals surface area contributed by atoms with E-state index < -0.39 is 15.6 Å². The zero-order valence-corrected chi connectivity index (χ0v) is 20.7. The molecule has 1 amide bonds. The van der Waals surface area contributed by atoms with Crippen LogP contribution in [-0.4, -0.2) is 80.6 Å². The van der Waals surface area contributed by atoms with Crippen molar-refractivity contribution in [1.82, 2.24) is 24.7 Å². The van der Waals surface area contributed by atoms with E-state index in [1.54, 1.807) is 5.48 Å². The fraction of sp³-hybridized carbons (Fsp3) is 0.280. The van der Waals surface area contributed by atoms with Gasteiger partial charge in [0.2, 0.25) is 5.95 Å². The van der Waals surface area contributed by atoms with Gasteiger partial charge in [0.25, 0.3) is 5.91 Å². The Morgan fingerprint density at radius 2 is 1.71 bits per heavy atom. The van der Waals surface area contributed by atoms with Crippen molar-refractivity contribution in [2.75, 3.05) is 45.2 Å². The Morgan fingerprint density at radius 3 is 2.31 bits per heavy atom. The Bertz CT molecular complexity index is 1270. The molecule has 184 valence electrons. The van der Waals surface area contributed by atoms with Gasteiger partial charge in [-0.2, -0.15) is 0 Å². The van der Waals surface area contributed by atoms with E-state index in [0.29, 0.717) is 37.0 Å². The SMILES string of the molecule is C=S(=O)(c1ccc(-c2cccc(CN(C)C)c2)cc1)N1CCN(c2ncc(C(=O)NO)cn2)CC1. The molecule has 10 heteroatoms. The molecule has 1 saturated heterocycles. The molecule has 2 N–H and O–H groups in total. The molecular formula is C25H30N6O3S. The van der Waals surface area contributed by atoms with Crippen LogP contribution in [0, 0.1) is 0 Å². The zero-order chi connectivity index (χ0) is 25.0. The second-order valence-corrected chi connectivity index (χ2v) is 11.0. The van der Waals surface area contributed by atoms with Crippen molar-refractivity contribution in [2.24, 2.45) is 0 Å². The van der Waals surface area contributed by atoms with Crippen LogP contribution in [0.1, 0.15) is 15.9 Å². The summed E-state index contributed by atoms with van der Waals surface area (Å²) in [6.45, 7) is 3.11. The van der Waals surface area contributed by atoms with Gasteiger partial charge in [0, 0.05) is 50.0 Å². The summed E-state index contributed by atoms with van der Waals surface area (Å²) in [5, 5.41) is 8.71. The highest BCUT2D eigenvalue weighted by Crippen LogP contribution is 2.25. The highest BCUT2D eigenvalue weighted by molar-refractivity contribution is 7.98. The smallest absolute Gasteiger partial charge is 0.277 e. The van der Waals surface area contributed by atoms with E-state index in [1.807, 2.05) is 47.6 Å². The van der Waals surface area contributed by atoms with Gasteiger partial charge in [-0.05, 0) is 54.9 Å². The van der Waals surface area contributed by atoms with Crippen molar-refractivity contribution in [2.45, 2.75) is 11.4 Å². The molecule has 0 spiro atoms. The van der Waals surface area contributed by atoms with E-state index >= 15 is 0 Å². The monoisotopic (exact) mass is 494 g/mol. The molecular weight excluding hydrogens is 464 g/mol. The number of anilines is 1. The van der Waals surface area contributed by atoms with Crippen LogP contribution in [0.3, 0.4) is 0 Å². The summed E-state index contributed by atoms with van der Waals surface area (Å²) in [5.41, 5.74) is 5.17. The summed E-state index contributed by atoms with van der Waals surface area (Å²) in [6, 6.07) is 16.3. The number of piperazine rings is 1. The highest BCUT2D eigenvalue weighted by Gasteiger charge is 2.25. The number of benzene rings is 2. The minimum absolute atomic E-state index is 0.170. The van der Waals surface area contributed by atoms with Gasteiger partial charge in [0.15, 0.2) is 0 Å². The summed E-state index contributed by atoms with van der Waals surface area (Å²) in [6.07, 6.45) is 2.73. The molecule has 9 nitrogen and oxygen atoms in total. The van der Waals surface area contributed by atoms with Crippen molar-refractivity contribution in [3.63, 3.8) is 0 Å². The Hall–Kier alpha value is -3.31. The molecule has 1 atom stereocenters. The van der Waals surface area contributed by atoms with Crippen LogP contribution in [0.15, 0.2) is 65.8 Å². The zero-order valence-electron chi connectivity index (χ0n) is 19.9. The highest BCUT2D eigenvalue weighted by atomic mass is 32.2. The van der Waals surface area contributed by atoms with Crippen LogP contribution in [-0.2, 0) is 16.3 Å². The topological polar surface area (TPSA) is 102 Å². The number of nitrogens with zero attached hydrogens (tertiary/aromatic N) is 5. The first-order valence-corrected chi connectivity index (χ1v) is 12.9. The molecule has 2 heterocycles. The number of carbonyl (C=O) groups excluding carboxylic acids is 1. The van der Waals surface area contributed by atoms with Gasteiger partial charge in [-0.15, -0.1) is 0 Å². The van der Waals surface area contributed by atoms with Crippen molar-refractivity contribution >= 4 is 27.4 Å². The second kappa shape index (κ2) is 10.5. The third-order valence-electron chi connectivity index (χ3n) is 5.92. The Kier molecular flexibility index (Phi) is 7.46. The average molecular weight is 495 g/mol. The van der Waals surface area contributed by atoms with E-state index in [9.17, 15) is 9.00 Å². The molecule has 1 aliphatic heterocycles. The van der Waals surface area contributed by atoms with Gasteiger partial charge in [-0.25, -0.2) is 24.0 Å². The number of nitrogens with one attached hydrogen (secondary N) is 1. The molecule has 0 bridgehead atoms. The van der Waals surface area contributed by atoms with E-state index in [-0.39, 0.29) is 5.56 Å². The molecule has 4 rings (SSSR count). The van der Waals surface area contributed by atoms with Crippen LogP contribution in [0.5, 0.6) is 0 Å². The summed E-state index contributed by atoms with van der Waals surface area (Å²) in [4.78, 5) is 24.7. The Labute approximate surface area is 206 Å². The molecule has 1 aromatic heterocycles. The Morgan fingerprint density at radius 1 is 1.06 bits per heavy atom. The van der Waals surface area contributed by atoms with Crippen LogP contribution in [0.2, 0.25) is 0 Å². The van der Waals surface area contributed by atoms with Crippen molar-refractivity contribution < 1.29 is 14.2 Å². The molecule has 1 unspecified atom stereocenters. The quantitative estimate of drug-likeness (QED) is 0.295. The molecule has 3 aromatic rings. The van der Waals surface area contributed by atoms with Crippen LogP contribution in [0.25, 0.3) is 11.1 Å². The first-order chi connectivity index (χ1) is 16.8. The molecule has 2 aromatic carbocycles. The average Bonchev–Trinajstić information content (AvgIpc) is 2.88. The molecule has 0 saturated carbocycles. The number of carbonyl (C=O) groups is 1. The molecule has 35 heavy (non-hydrogen) atoms. The van der Waals surface area contributed by atoms with Gasteiger partial charge in [0.05, 0.1) is 15.3 Å². The summed E-state index contributed by atoms with van der Waals surface area (Å²) in [5.74, 6) is 3.90. The van der Waals surface area contributed by atoms with Crippen molar-refractivity contribution in [3.8, 4) is 11.1 Å². The van der Waals surface area contributed by atoms with Gasteiger partial charge in [-0.1, -0.05) is 30.3 Å². The van der Waals surface area contributed by atoms with Gasteiger partial charge >= 0.3 is 0 Å². The minimum atomic E-state index is -2.63. The van der Waals surface area contributed by atoms with Gasteiger partial charge < -0.3 is 9.80 Å². The van der Waals surface area contributed by atoms with Crippen molar-refractivity contribution in [3.05, 3.63) is 72.1 Å². The lowest BCUT2D eigenvalue weighted by molar-refractivity contribution is 0.0705. The summed E-state index contributed by atoms with van der Waals surface area (Å²) < 4.78 is 15.6. The predicted molar refractivity (Wildman–Crippen MR) is 138 cm³/mol. The number of hydrogen-bond donors (Lipinski definition) is 2. The maximum absolute atomic E-state index is 13.7. The lowest BCUT2D eigenvalue weighted by Crippen LogP contribution is -2.49. The maximum atomic E-state index is 13.7. The van der Waals surface area contributed by atoms with Crippen LogP contribution < -0.4 is 10.4 Å². The lowest BCUT2D eigenvalue weighted by atomic mass is 10.0. The first kappa shape index (κ1) is 24.8. The molecule has 0 radical (unpaired) electrons.